The summed E-state index contributed by atoms with van der Waals surface area (Å²) >= 11 is 1.42. The second kappa shape index (κ2) is 9.59. The summed E-state index contributed by atoms with van der Waals surface area (Å²) in [5.74, 6) is -0.0381. The fraction of sp³-hybridized carbons (Fsp3) is 0.333. The van der Waals surface area contributed by atoms with Crippen molar-refractivity contribution < 1.29 is 4.39 Å². The van der Waals surface area contributed by atoms with Gasteiger partial charge in [-0.05, 0) is 31.0 Å². The van der Waals surface area contributed by atoms with E-state index in [-0.39, 0.29) is 5.92 Å². The number of benzene rings is 1. The molecule has 2 heterocycles. The van der Waals surface area contributed by atoms with Crippen molar-refractivity contribution in [1.29, 1.82) is 16.1 Å². The third-order valence-electron chi connectivity index (χ3n) is 5.31. The number of halogens is 1. The molecule has 3 rings (SSSR count). The predicted molar refractivity (Wildman–Crippen MR) is 121 cm³/mol. The number of nitrogens with zero attached hydrogens (tertiary/aromatic N) is 4. The molecule has 1 fully saturated rings. The number of hydrogen-bond donors (Lipinski definition) is 3. The van der Waals surface area contributed by atoms with Crippen molar-refractivity contribution >= 4 is 35.5 Å². The molecule has 0 bridgehead atoms. The number of nitrogens with one attached hydrogen (secondary N) is 3. The Morgan fingerprint density at radius 2 is 2.10 bits per heavy atom. The monoisotopic (exact) mass is 425 g/mol. The van der Waals surface area contributed by atoms with Crippen LogP contribution in [0.5, 0.6) is 0 Å². The van der Waals surface area contributed by atoms with E-state index in [1.165, 1.54) is 29.1 Å². The van der Waals surface area contributed by atoms with Crippen LogP contribution in [0.2, 0.25) is 0 Å². The summed E-state index contributed by atoms with van der Waals surface area (Å²) in [6, 6.07) is 9.12. The Kier molecular flexibility index (Phi) is 6.90. The maximum atomic E-state index is 13.4. The standard InChI is InChI=1S/C21H24FN7S/c1-28(13-24)21(25)14-7-9-29(10-8-14)20-16(15-3-6-19(22)26-12-15)4-5-18(27-30-2)17(20)11-23/h3-6,12-14,24-25,27H,7-10H2,1-2H3. The van der Waals surface area contributed by atoms with Crippen molar-refractivity contribution in [3.8, 4) is 17.2 Å². The van der Waals surface area contributed by atoms with E-state index < -0.39 is 5.95 Å². The Hall–Kier alpha value is -3.12. The number of nitriles is 1. The average molecular weight is 426 g/mol. The lowest BCUT2D eigenvalue weighted by atomic mass is 9.92. The first-order chi connectivity index (χ1) is 14.5. The third kappa shape index (κ3) is 4.39. The van der Waals surface area contributed by atoms with Gasteiger partial charge >= 0.3 is 0 Å². The van der Waals surface area contributed by atoms with Crippen LogP contribution < -0.4 is 9.62 Å². The first-order valence-electron chi connectivity index (χ1n) is 9.55. The second-order valence-electron chi connectivity index (χ2n) is 7.06. The molecule has 0 spiro atoms. The maximum Gasteiger partial charge on any atom is 0.212 e. The first kappa shape index (κ1) is 21.6. The molecule has 0 radical (unpaired) electrons. The quantitative estimate of drug-likeness (QED) is 0.278. The molecular formula is C21H24FN7S. The smallest absolute Gasteiger partial charge is 0.212 e. The highest BCUT2D eigenvalue weighted by Gasteiger charge is 2.28. The van der Waals surface area contributed by atoms with E-state index in [0.717, 1.165) is 41.7 Å². The van der Waals surface area contributed by atoms with Crippen LogP contribution in [0.25, 0.3) is 11.1 Å². The van der Waals surface area contributed by atoms with Gasteiger partial charge in [-0.2, -0.15) is 9.65 Å². The molecule has 1 aliphatic heterocycles. The van der Waals surface area contributed by atoms with Crippen LogP contribution in [0, 0.1) is 34.0 Å². The van der Waals surface area contributed by atoms with Crippen molar-refractivity contribution in [3.05, 3.63) is 42.0 Å². The number of rotatable bonds is 6. The highest BCUT2D eigenvalue weighted by atomic mass is 32.2. The zero-order valence-electron chi connectivity index (χ0n) is 16.9. The number of aromatic nitrogens is 1. The molecule has 1 aliphatic rings. The zero-order valence-corrected chi connectivity index (χ0v) is 17.8. The summed E-state index contributed by atoms with van der Waals surface area (Å²) < 4.78 is 16.5. The van der Waals surface area contributed by atoms with Crippen molar-refractivity contribution in [2.24, 2.45) is 5.92 Å². The van der Waals surface area contributed by atoms with Crippen molar-refractivity contribution in [3.63, 3.8) is 0 Å². The summed E-state index contributed by atoms with van der Waals surface area (Å²) in [4.78, 5) is 7.47. The molecule has 7 nitrogen and oxygen atoms in total. The summed E-state index contributed by atoms with van der Waals surface area (Å²) in [6.45, 7) is 1.36. The van der Waals surface area contributed by atoms with Gasteiger partial charge in [0.15, 0.2) is 0 Å². The van der Waals surface area contributed by atoms with E-state index in [1.54, 1.807) is 13.1 Å². The molecule has 0 aliphatic carbocycles. The van der Waals surface area contributed by atoms with Crippen LogP contribution in [0.3, 0.4) is 0 Å². The van der Waals surface area contributed by atoms with Gasteiger partial charge < -0.3 is 14.5 Å². The lowest BCUT2D eigenvalue weighted by Crippen LogP contribution is -2.41. The van der Waals surface area contributed by atoms with Crippen LogP contribution in [0.1, 0.15) is 18.4 Å². The van der Waals surface area contributed by atoms with Crippen LogP contribution >= 0.6 is 11.9 Å². The Morgan fingerprint density at radius 3 is 2.67 bits per heavy atom. The molecule has 0 atom stereocenters. The van der Waals surface area contributed by atoms with Crippen LogP contribution in [0.15, 0.2) is 30.5 Å². The molecule has 0 saturated carbocycles. The number of hydrogen-bond acceptors (Lipinski definition) is 7. The van der Waals surface area contributed by atoms with Gasteiger partial charge in [-0.3, -0.25) is 10.8 Å². The normalized spacial score (nSPS) is 14.1. The third-order valence-corrected chi connectivity index (χ3v) is 5.74. The molecule has 3 N–H and O–H groups in total. The van der Waals surface area contributed by atoms with E-state index in [4.69, 9.17) is 10.8 Å². The Labute approximate surface area is 180 Å². The van der Waals surface area contributed by atoms with Gasteiger partial charge in [0.2, 0.25) is 5.95 Å². The molecule has 0 unspecified atom stereocenters. The molecule has 0 amide bonds. The van der Waals surface area contributed by atoms with E-state index in [2.05, 4.69) is 20.7 Å². The van der Waals surface area contributed by atoms with Crippen molar-refractivity contribution in [2.45, 2.75) is 12.8 Å². The van der Waals surface area contributed by atoms with Gasteiger partial charge in [-0.1, -0.05) is 18.0 Å². The molecule has 2 aromatic rings. The van der Waals surface area contributed by atoms with Gasteiger partial charge in [0.05, 0.1) is 23.3 Å². The minimum atomic E-state index is -0.545. The molecule has 1 saturated heterocycles. The lowest BCUT2D eigenvalue weighted by molar-refractivity contribution is 0.473. The molecular weight excluding hydrogens is 401 g/mol. The summed E-state index contributed by atoms with van der Waals surface area (Å²) in [5, 5.41) is 25.6. The van der Waals surface area contributed by atoms with Gasteiger partial charge in [0.1, 0.15) is 11.9 Å². The highest BCUT2D eigenvalue weighted by Crippen LogP contribution is 2.40. The minimum Gasteiger partial charge on any atom is -0.370 e. The topological polar surface area (TPSA) is 103 Å². The first-order valence-corrected chi connectivity index (χ1v) is 10.8. The number of pyridine rings is 1. The minimum absolute atomic E-state index is 0.0711. The Balaban J connectivity index is 1.99. The van der Waals surface area contributed by atoms with Gasteiger partial charge in [-0.25, -0.2) is 4.98 Å². The number of anilines is 2. The average Bonchev–Trinajstić information content (AvgIpc) is 2.78. The summed E-state index contributed by atoms with van der Waals surface area (Å²) in [5.41, 5.74) is 3.65. The molecule has 1 aromatic carbocycles. The summed E-state index contributed by atoms with van der Waals surface area (Å²) in [6.07, 6.45) is 6.04. The van der Waals surface area contributed by atoms with Crippen LogP contribution in [0.4, 0.5) is 15.8 Å². The van der Waals surface area contributed by atoms with Gasteiger partial charge in [-0.15, -0.1) is 0 Å². The summed E-state index contributed by atoms with van der Waals surface area (Å²) in [7, 11) is 1.71. The van der Waals surface area contributed by atoms with Crippen molar-refractivity contribution in [1.82, 2.24) is 9.88 Å². The van der Waals surface area contributed by atoms with E-state index in [1.807, 2.05) is 18.4 Å². The molecule has 30 heavy (non-hydrogen) atoms. The van der Waals surface area contributed by atoms with E-state index in [0.29, 0.717) is 24.5 Å². The number of amidine groups is 1. The van der Waals surface area contributed by atoms with Crippen molar-refractivity contribution in [2.75, 3.05) is 36.0 Å². The lowest BCUT2D eigenvalue weighted by Gasteiger charge is -2.36. The maximum absolute atomic E-state index is 13.4. The molecule has 156 valence electrons. The fourth-order valence-electron chi connectivity index (χ4n) is 3.73. The largest absolute Gasteiger partial charge is 0.370 e. The Bertz CT molecular complexity index is 963. The van der Waals surface area contributed by atoms with Gasteiger partial charge in [0.25, 0.3) is 0 Å². The highest BCUT2D eigenvalue weighted by molar-refractivity contribution is 7.99. The second-order valence-corrected chi connectivity index (χ2v) is 7.67. The van der Waals surface area contributed by atoms with Gasteiger partial charge in [0, 0.05) is 49.6 Å². The molecule has 9 heteroatoms. The number of piperidine rings is 1. The SMILES string of the molecule is CSNc1ccc(-c2ccc(F)nc2)c(N2CCC(C(=N)N(C)C=N)CC2)c1C#N. The van der Waals surface area contributed by atoms with Crippen LogP contribution in [-0.2, 0) is 0 Å². The Morgan fingerprint density at radius 1 is 1.37 bits per heavy atom. The fourth-order valence-corrected chi connectivity index (χ4v) is 4.12. The van der Waals surface area contributed by atoms with E-state index in [9.17, 15) is 9.65 Å². The van der Waals surface area contributed by atoms with Crippen LogP contribution in [-0.4, -0.2) is 48.5 Å². The molecule has 1 aromatic heterocycles. The predicted octanol–water partition coefficient (Wildman–Crippen LogP) is 4.18. The van der Waals surface area contributed by atoms with E-state index >= 15 is 0 Å². The zero-order chi connectivity index (χ0) is 21.7.